The van der Waals surface area contributed by atoms with Crippen molar-refractivity contribution < 1.29 is 24.5 Å². The van der Waals surface area contributed by atoms with Crippen LogP contribution in [-0.2, 0) is 14.3 Å². The number of aliphatic hydroxyl groups is 2. The van der Waals surface area contributed by atoms with Gasteiger partial charge in [-0.05, 0) is 77.0 Å². The van der Waals surface area contributed by atoms with Crippen molar-refractivity contribution in [2.24, 2.45) is 0 Å². The Bertz CT molecular complexity index is 1080. The van der Waals surface area contributed by atoms with Crippen LogP contribution in [0.3, 0.4) is 0 Å². The van der Waals surface area contributed by atoms with E-state index >= 15 is 0 Å². The van der Waals surface area contributed by atoms with Crippen LogP contribution in [0, 0.1) is 0 Å². The van der Waals surface area contributed by atoms with Crippen molar-refractivity contribution in [2.75, 3.05) is 13.2 Å². The van der Waals surface area contributed by atoms with E-state index in [1.54, 1.807) is 0 Å². The van der Waals surface area contributed by atoms with Gasteiger partial charge >= 0.3 is 5.97 Å². The number of rotatable bonds is 58. The first-order chi connectivity index (χ1) is 34.0. The molecule has 69 heavy (non-hydrogen) atoms. The Hall–Kier alpha value is -1.66. The van der Waals surface area contributed by atoms with E-state index in [2.05, 4.69) is 43.5 Å². The molecule has 0 aromatic carbocycles. The van der Waals surface area contributed by atoms with Crippen LogP contribution in [0.1, 0.15) is 341 Å². The Balaban J connectivity index is 3.48. The lowest BCUT2D eigenvalue weighted by molar-refractivity contribution is -0.143. The minimum absolute atomic E-state index is 0.0330. The number of allylic oxidation sites excluding steroid dienone is 4. The molecule has 3 N–H and O–H groups in total. The molecular formula is C63H121NO5. The quantitative estimate of drug-likeness (QED) is 0.0321. The van der Waals surface area contributed by atoms with E-state index in [0.29, 0.717) is 25.9 Å². The summed E-state index contributed by atoms with van der Waals surface area (Å²) in [5.74, 6) is -0.0938. The zero-order chi connectivity index (χ0) is 50.0. The predicted octanol–water partition coefficient (Wildman–Crippen LogP) is 19.4. The minimum atomic E-state index is -0.684. The first-order valence-corrected chi connectivity index (χ1v) is 31.1. The molecular weight excluding hydrogens is 851 g/mol. The molecule has 0 aliphatic rings. The number of aliphatic hydroxyl groups excluding tert-OH is 2. The van der Waals surface area contributed by atoms with E-state index in [9.17, 15) is 19.8 Å². The van der Waals surface area contributed by atoms with Crippen LogP contribution in [0.2, 0.25) is 0 Å². The lowest BCUT2D eigenvalue weighted by atomic mass is 10.0. The van der Waals surface area contributed by atoms with Crippen molar-refractivity contribution in [2.45, 2.75) is 353 Å². The van der Waals surface area contributed by atoms with Gasteiger partial charge in [-0.2, -0.15) is 0 Å². The molecule has 408 valence electrons. The Morgan fingerprint density at radius 2 is 0.681 bits per heavy atom. The fourth-order valence-corrected chi connectivity index (χ4v) is 9.69. The summed E-state index contributed by atoms with van der Waals surface area (Å²) >= 11 is 0. The van der Waals surface area contributed by atoms with Gasteiger partial charge in [-0.3, -0.25) is 9.59 Å². The molecule has 0 aromatic rings. The molecule has 2 atom stereocenters. The average molecular weight is 973 g/mol. The summed E-state index contributed by atoms with van der Waals surface area (Å²) < 4.78 is 5.46. The molecule has 1 amide bonds. The molecule has 0 aliphatic heterocycles. The van der Waals surface area contributed by atoms with Gasteiger partial charge in [-0.25, -0.2) is 0 Å². The molecule has 6 heteroatoms. The first kappa shape index (κ1) is 67.3. The molecule has 0 saturated heterocycles. The summed E-state index contributed by atoms with van der Waals surface area (Å²) in [6, 6.07) is -0.564. The highest BCUT2D eigenvalue weighted by Crippen LogP contribution is 2.18. The summed E-state index contributed by atoms with van der Waals surface area (Å²) in [5.41, 5.74) is 0. The second-order valence-corrected chi connectivity index (χ2v) is 21.4. The van der Waals surface area contributed by atoms with E-state index in [0.717, 1.165) is 83.5 Å². The SMILES string of the molecule is CCCCCCCCC/C=C\CCCCCCCCCC(=O)OCCCC/C=C\CCCCCCCC(=O)NC(CO)C(O)CCCCCCCCCCCCCCCCCCCCCCCCC. The highest BCUT2D eigenvalue weighted by molar-refractivity contribution is 5.76. The van der Waals surface area contributed by atoms with Crippen molar-refractivity contribution in [3.05, 3.63) is 24.3 Å². The van der Waals surface area contributed by atoms with E-state index < -0.39 is 12.1 Å². The van der Waals surface area contributed by atoms with Gasteiger partial charge in [0.2, 0.25) is 5.91 Å². The van der Waals surface area contributed by atoms with Crippen LogP contribution >= 0.6 is 0 Å². The van der Waals surface area contributed by atoms with Crippen molar-refractivity contribution >= 4 is 11.9 Å². The fourth-order valence-electron chi connectivity index (χ4n) is 9.69. The molecule has 0 fully saturated rings. The van der Waals surface area contributed by atoms with Crippen molar-refractivity contribution in [3.8, 4) is 0 Å². The van der Waals surface area contributed by atoms with Gasteiger partial charge in [0.25, 0.3) is 0 Å². The number of unbranched alkanes of at least 4 members (excludes halogenated alkanes) is 43. The van der Waals surface area contributed by atoms with Gasteiger partial charge < -0.3 is 20.3 Å². The van der Waals surface area contributed by atoms with Gasteiger partial charge in [0.05, 0.1) is 25.4 Å². The Labute approximate surface area is 431 Å². The largest absolute Gasteiger partial charge is 0.466 e. The van der Waals surface area contributed by atoms with Crippen molar-refractivity contribution in [3.63, 3.8) is 0 Å². The third kappa shape index (κ3) is 55.5. The molecule has 0 aliphatic carbocycles. The highest BCUT2D eigenvalue weighted by atomic mass is 16.5. The molecule has 0 radical (unpaired) electrons. The average Bonchev–Trinajstić information content (AvgIpc) is 3.35. The first-order valence-electron chi connectivity index (χ1n) is 31.1. The number of carbonyl (C=O) groups is 2. The van der Waals surface area contributed by atoms with Gasteiger partial charge in [0, 0.05) is 12.8 Å². The third-order valence-corrected chi connectivity index (χ3v) is 14.5. The number of nitrogens with one attached hydrogen (secondary N) is 1. The van der Waals surface area contributed by atoms with Crippen LogP contribution < -0.4 is 5.32 Å². The monoisotopic (exact) mass is 972 g/mol. The summed E-state index contributed by atoms with van der Waals surface area (Å²) in [6.45, 7) is 4.90. The molecule has 0 heterocycles. The van der Waals surface area contributed by atoms with Gasteiger partial charge in [-0.1, -0.05) is 276 Å². The van der Waals surface area contributed by atoms with E-state index in [4.69, 9.17) is 4.74 Å². The summed E-state index contributed by atoms with van der Waals surface area (Å²) in [5, 5.41) is 23.4. The molecule has 0 spiro atoms. The zero-order valence-electron chi connectivity index (χ0n) is 46.6. The van der Waals surface area contributed by atoms with Crippen LogP contribution in [0.4, 0.5) is 0 Å². The van der Waals surface area contributed by atoms with Crippen LogP contribution in [0.5, 0.6) is 0 Å². The van der Waals surface area contributed by atoms with E-state index in [-0.39, 0.29) is 18.5 Å². The number of ether oxygens (including phenoxy) is 1. The van der Waals surface area contributed by atoms with Crippen molar-refractivity contribution in [1.82, 2.24) is 5.32 Å². The molecule has 2 unspecified atom stereocenters. The predicted molar refractivity (Wildman–Crippen MR) is 301 cm³/mol. The Kier molecular flexibility index (Phi) is 57.5. The maximum Gasteiger partial charge on any atom is 0.305 e. The maximum atomic E-state index is 12.5. The van der Waals surface area contributed by atoms with E-state index in [1.165, 1.54) is 225 Å². The number of carbonyl (C=O) groups excluding carboxylic acids is 2. The molecule has 0 aromatic heterocycles. The molecule has 0 rings (SSSR count). The lowest BCUT2D eigenvalue weighted by Crippen LogP contribution is -2.45. The lowest BCUT2D eigenvalue weighted by Gasteiger charge is -2.22. The number of hydrogen-bond donors (Lipinski definition) is 3. The Morgan fingerprint density at radius 3 is 1.03 bits per heavy atom. The number of amides is 1. The standard InChI is InChI=1S/C63H121NO5/c1-3-5-7-9-11-13-15-17-19-21-23-24-25-26-27-28-30-32-35-39-43-47-51-55-61(66)60(59-65)64-62(67)56-52-48-44-40-36-34-38-42-46-50-54-58-69-63(68)57-53-49-45-41-37-33-31-29-22-20-18-16-14-12-10-8-6-4-2/h20,22,38,42,60-61,65-66H,3-19,21,23-37,39-41,43-59H2,1-2H3,(H,64,67)/b22-20-,42-38-. The van der Waals surface area contributed by atoms with Gasteiger partial charge in [0.1, 0.15) is 0 Å². The fraction of sp³-hybridized carbons (Fsp3) is 0.905. The Morgan fingerprint density at radius 1 is 0.391 bits per heavy atom. The molecule has 0 bridgehead atoms. The zero-order valence-corrected chi connectivity index (χ0v) is 46.6. The van der Waals surface area contributed by atoms with Crippen molar-refractivity contribution in [1.29, 1.82) is 0 Å². The minimum Gasteiger partial charge on any atom is -0.466 e. The maximum absolute atomic E-state index is 12.5. The van der Waals surface area contributed by atoms with Crippen LogP contribution in [0.15, 0.2) is 24.3 Å². The topological polar surface area (TPSA) is 95.9 Å². The van der Waals surface area contributed by atoms with Gasteiger partial charge in [0.15, 0.2) is 0 Å². The second-order valence-electron chi connectivity index (χ2n) is 21.4. The summed E-state index contributed by atoms with van der Waals surface area (Å²) in [4.78, 5) is 24.6. The second kappa shape index (κ2) is 58.9. The smallest absolute Gasteiger partial charge is 0.305 e. The van der Waals surface area contributed by atoms with Crippen LogP contribution in [-0.4, -0.2) is 47.4 Å². The number of esters is 1. The molecule has 0 saturated carbocycles. The van der Waals surface area contributed by atoms with Crippen LogP contribution in [0.25, 0.3) is 0 Å². The van der Waals surface area contributed by atoms with Gasteiger partial charge in [-0.15, -0.1) is 0 Å². The normalized spacial score (nSPS) is 12.7. The molecule has 6 nitrogen and oxygen atoms in total. The third-order valence-electron chi connectivity index (χ3n) is 14.5. The summed E-state index contributed by atoms with van der Waals surface area (Å²) in [6.07, 6.45) is 71.9. The highest BCUT2D eigenvalue weighted by Gasteiger charge is 2.20. The van der Waals surface area contributed by atoms with E-state index in [1.807, 2.05) is 0 Å². The summed E-state index contributed by atoms with van der Waals surface area (Å²) in [7, 11) is 0. The number of hydrogen-bond acceptors (Lipinski definition) is 5.